The van der Waals surface area contributed by atoms with E-state index in [4.69, 9.17) is 4.74 Å². The number of carbonyl (C=O) groups excluding carboxylic acids is 2. The highest BCUT2D eigenvalue weighted by Gasteiger charge is 2.08. The summed E-state index contributed by atoms with van der Waals surface area (Å²) in [6.45, 7) is 2.90. The van der Waals surface area contributed by atoms with Gasteiger partial charge in [0.15, 0.2) is 0 Å². The largest absolute Gasteiger partial charge is 0.494 e. The molecule has 0 aliphatic rings. The Hall–Kier alpha value is -2.82. The maximum Gasteiger partial charge on any atom is 0.269 e. The van der Waals surface area contributed by atoms with E-state index >= 15 is 0 Å². The van der Waals surface area contributed by atoms with Gasteiger partial charge in [-0.05, 0) is 42.8 Å². The lowest BCUT2D eigenvalue weighted by molar-refractivity contribution is 0.0846. The van der Waals surface area contributed by atoms with Crippen molar-refractivity contribution in [2.24, 2.45) is 0 Å². The summed E-state index contributed by atoms with van der Waals surface area (Å²) in [6, 6.07) is 15.6. The van der Waals surface area contributed by atoms with Crippen LogP contribution in [0.5, 0.6) is 5.75 Å². The molecule has 2 aromatic carbocycles. The van der Waals surface area contributed by atoms with E-state index in [1.165, 1.54) is 32.1 Å². The third kappa shape index (κ3) is 7.52. The van der Waals surface area contributed by atoms with Gasteiger partial charge in [0, 0.05) is 11.1 Å². The zero-order chi connectivity index (χ0) is 19.3. The maximum atomic E-state index is 12.1. The lowest BCUT2D eigenvalue weighted by Crippen LogP contribution is -2.41. The molecule has 0 heterocycles. The molecule has 0 fully saturated rings. The van der Waals surface area contributed by atoms with Crippen molar-refractivity contribution in [1.82, 2.24) is 10.9 Å². The van der Waals surface area contributed by atoms with Gasteiger partial charge in [-0.1, -0.05) is 57.2 Å². The standard InChI is InChI=1S/C22H28N2O3/c1-2-3-4-5-6-10-17-27-20-15-13-19(14-16-20)22(26)24-23-21(25)18-11-8-7-9-12-18/h7-9,11-16H,2-6,10,17H2,1H3,(H,23,25)(H,24,26). The monoisotopic (exact) mass is 368 g/mol. The predicted molar refractivity (Wildman–Crippen MR) is 107 cm³/mol. The van der Waals surface area contributed by atoms with Crippen LogP contribution in [0.15, 0.2) is 54.6 Å². The summed E-state index contributed by atoms with van der Waals surface area (Å²) < 4.78 is 5.70. The minimum absolute atomic E-state index is 0.358. The van der Waals surface area contributed by atoms with Crippen molar-refractivity contribution in [3.05, 3.63) is 65.7 Å². The van der Waals surface area contributed by atoms with Gasteiger partial charge in [0.25, 0.3) is 11.8 Å². The second-order valence-electron chi connectivity index (χ2n) is 6.41. The molecule has 5 heteroatoms. The molecule has 144 valence electrons. The number of rotatable bonds is 10. The molecule has 0 spiro atoms. The molecule has 0 aliphatic carbocycles. The number of hydrogen-bond donors (Lipinski definition) is 2. The summed E-state index contributed by atoms with van der Waals surface area (Å²) in [5.74, 6) is 0.0121. The molecule has 2 rings (SSSR count). The van der Waals surface area contributed by atoms with Crippen LogP contribution in [-0.2, 0) is 0 Å². The van der Waals surface area contributed by atoms with E-state index < -0.39 is 0 Å². The molecule has 5 nitrogen and oxygen atoms in total. The minimum Gasteiger partial charge on any atom is -0.494 e. The molecular weight excluding hydrogens is 340 g/mol. The van der Waals surface area contributed by atoms with Gasteiger partial charge in [0.2, 0.25) is 0 Å². The van der Waals surface area contributed by atoms with Crippen LogP contribution in [-0.4, -0.2) is 18.4 Å². The topological polar surface area (TPSA) is 67.4 Å². The van der Waals surface area contributed by atoms with Crippen molar-refractivity contribution in [2.45, 2.75) is 45.4 Å². The fourth-order valence-corrected chi connectivity index (χ4v) is 2.62. The van der Waals surface area contributed by atoms with Crippen molar-refractivity contribution < 1.29 is 14.3 Å². The zero-order valence-electron chi connectivity index (χ0n) is 15.9. The first-order chi connectivity index (χ1) is 13.2. The Morgan fingerprint density at radius 3 is 1.93 bits per heavy atom. The first kappa shape index (κ1) is 20.5. The third-order valence-electron chi connectivity index (χ3n) is 4.21. The number of nitrogens with one attached hydrogen (secondary N) is 2. The second kappa shape index (κ2) is 11.7. The third-order valence-corrected chi connectivity index (χ3v) is 4.21. The summed E-state index contributed by atoms with van der Waals surface area (Å²) in [5, 5.41) is 0. The van der Waals surface area contributed by atoms with Gasteiger partial charge in [-0.2, -0.15) is 0 Å². The predicted octanol–water partition coefficient (Wildman–Crippen LogP) is 4.50. The Balaban J connectivity index is 1.69. The molecule has 0 aliphatic heterocycles. The van der Waals surface area contributed by atoms with Crippen LogP contribution >= 0.6 is 0 Å². The molecule has 27 heavy (non-hydrogen) atoms. The van der Waals surface area contributed by atoms with Crippen molar-refractivity contribution in [3.8, 4) is 5.75 Å². The summed E-state index contributed by atoms with van der Waals surface area (Å²) in [4.78, 5) is 24.0. The van der Waals surface area contributed by atoms with Crippen LogP contribution in [0, 0.1) is 0 Å². The first-order valence-electron chi connectivity index (χ1n) is 9.59. The SMILES string of the molecule is CCCCCCCCOc1ccc(C(=O)NNC(=O)c2ccccc2)cc1. The molecular formula is C22H28N2O3. The highest BCUT2D eigenvalue weighted by molar-refractivity contribution is 5.99. The average Bonchev–Trinajstić information content (AvgIpc) is 2.72. The molecule has 0 saturated heterocycles. The Labute approximate surface area is 161 Å². The van der Waals surface area contributed by atoms with Crippen molar-refractivity contribution in [2.75, 3.05) is 6.61 Å². The van der Waals surface area contributed by atoms with Gasteiger partial charge < -0.3 is 4.74 Å². The van der Waals surface area contributed by atoms with Crippen LogP contribution in [0.3, 0.4) is 0 Å². The van der Waals surface area contributed by atoms with Crippen LogP contribution < -0.4 is 15.6 Å². The van der Waals surface area contributed by atoms with Crippen molar-refractivity contribution >= 4 is 11.8 Å². The smallest absolute Gasteiger partial charge is 0.269 e. The fourth-order valence-electron chi connectivity index (χ4n) is 2.62. The molecule has 2 aromatic rings. The van der Waals surface area contributed by atoms with Crippen LogP contribution in [0.1, 0.15) is 66.2 Å². The maximum absolute atomic E-state index is 12.1. The van der Waals surface area contributed by atoms with E-state index in [2.05, 4.69) is 17.8 Å². The second-order valence-corrected chi connectivity index (χ2v) is 6.41. The molecule has 0 bridgehead atoms. The molecule has 0 saturated carbocycles. The van der Waals surface area contributed by atoms with Gasteiger partial charge in [0.05, 0.1) is 6.61 Å². The number of carbonyl (C=O) groups is 2. The van der Waals surface area contributed by atoms with Gasteiger partial charge in [0.1, 0.15) is 5.75 Å². The van der Waals surface area contributed by atoms with Gasteiger partial charge in [-0.3, -0.25) is 20.4 Å². The number of ether oxygens (including phenoxy) is 1. The Kier molecular flexibility index (Phi) is 8.90. The van der Waals surface area contributed by atoms with Crippen molar-refractivity contribution in [1.29, 1.82) is 0 Å². The van der Waals surface area contributed by atoms with E-state index in [0.717, 1.165) is 12.2 Å². The fraction of sp³-hybridized carbons (Fsp3) is 0.364. The van der Waals surface area contributed by atoms with E-state index in [9.17, 15) is 9.59 Å². The van der Waals surface area contributed by atoms with Crippen LogP contribution in [0.25, 0.3) is 0 Å². The lowest BCUT2D eigenvalue weighted by atomic mass is 10.1. The van der Waals surface area contributed by atoms with Gasteiger partial charge >= 0.3 is 0 Å². The number of benzene rings is 2. The number of amides is 2. The first-order valence-corrected chi connectivity index (χ1v) is 9.59. The Morgan fingerprint density at radius 1 is 0.741 bits per heavy atom. The minimum atomic E-state index is -0.373. The summed E-state index contributed by atoms with van der Waals surface area (Å²) in [7, 11) is 0. The molecule has 0 aromatic heterocycles. The average molecular weight is 368 g/mol. The molecule has 0 unspecified atom stereocenters. The molecule has 2 amide bonds. The molecule has 0 atom stereocenters. The van der Waals surface area contributed by atoms with E-state index in [1.807, 2.05) is 6.07 Å². The summed E-state index contributed by atoms with van der Waals surface area (Å²) >= 11 is 0. The Morgan fingerprint density at radius 2 is 1.30 bits per heavy atom. The summed E-state index contributed by atoms with van der Waals surface area (Å²) in [6.07, 6.45) is 7.33. The molecule has 0 radical (unpaired) electrons. The quantitative estimate of drug-likeness (QED) is 0.479. The van der Waals surface area contributed by atoms with E-state index in [-0.39, 0.29) is 11.8 Å². The molecule has 2 N–H and O–H groups in total. The normalized spacial score (nSPS) is 10.3. The summed E-state index contributed by atoms with van der Waals surface area (Å²) in [5.41, 5.74) is 5.76. The van der Waals surface area contributed by atoms with Crippen LogP contribution in [0.2, 0.25) is 0 Å². The Bertz CT molecular complexity index is 699. The zero-order valence-corrected chi connectivity index (χ0v) is 15.9. The lowest BCUT2D eigenvalue weighted by Gasteiger charge is -2.09. The van der Waals surface area contributed by atoms with Crippen molar-refractivity contribution in [3.63, 3.8) is 0 Å². The number of hydrogen-bond acceptors (Lipinski definition) is 3. The highest BCUT2D eigenvalue weighted by Crippen LogP contribution is 2.13. The van der Waals surface area contributed by atoms with E-state index in [0.29, 0.717) is 17.7 Å². The number of unbranched alkanes of at least 4 members (excludes halogenated alkanes) is 5. The van der Waals surface area contributed by atoms with E-state index in [1.54, 1.807) is 48.5 Å². The van der Waals surface area contributed by atoms with Gasteiger partial charge in [-0.15, -0.1) is 0 Å². The highest BCUT2D eigenvalue weighted by atomic mass is 16.5. The number of hydrazine groups is 1. The van der Waals surface area contributed by atoms with Gasteiger partial charge in [-0.25, -0.2) is 0 Å². The van der Waals surface area contributed by atoms with Crippen LogP contribution in [0.4, 0.5) is 0 Å².